The maximum atomic E-state index is 13.2. The summed E-state index contributed by atoms with van der Waals surface area (Å²) in [5.41, 5.74) is 1.90. The molecule has 2 rings (SSSR count). The minimum atomic E-state index is -0.551. The average Bonchev–Trinajstić information content (AvgIpc) is 2.72. The molecule has 7 nitrogen and oxygen atoms in total. The minimum absolute atomic E-state index is 0.152. The van der Waals surface area contributed by atoms with E-state index < -0.39 is 11.7 Å². The number of nitrogens with zero attached hydrogens (tertiary/aromatic N) is 1. The Labute approximate surface area is 191 Å². The maximum absolute atomic E-state index is 13.2. The predicted molar refractivity (Wildman–Crippen MR) is 126 cm³/mol. The van der Waals surface area contributed by atoms with Crippen LogP contribution in [-0.4, -0.2) is 56.8 Å². The molecule has 0 aliphatic heterocycles. The Balaban J connectivity index is 2.09. The number of hydrogen-bond acceptors (Lipinski definition) is 5. The van der Waals surface area contributed by atoms with Crippen LogP contribution in [0.15, 0.2) is 48.5 Å². The largest absolute Gasteiger partial charge is 0.497 e. The van der Waals surface area contributed by atoms with E-state index in [4.69, 9.17) is 9.47 Å². The molecular formula is C25H35N3O4. The van der Waals surface area contributed by atoms with Crippen LogP contribution in [0.5, 0.6) is 5.75 Å². The van der Waals surface area contributed by atoms with Gasteiger partial charge in [-0.15, -0.1) is 0 Å². The van der Waals surface area contributed by atoms with Crippen LogP contribution >= 0.6 is 0 Å². The third-order valence-corrected chi connectivity index (χ3v) is 4.70. The molecule has 0 fully saturated rings. The lowest BCUT2D eigenvalue weighted by molar-refractivity contribution is 0.0528. The van der Waals surface area contributed by atoms with Gasteiger partial charge in [-0.1, -0.05) is 30.3 Å². The second-order valence-corrected chi connectivity index (χ2v) is 8.90. The van der Waals surface area contributed by atoms with Gasteiger partial charge in [-0.2, -0.15) is 0 Å². The van der Waals surface area contributed by atoms with Crippen molar-refractivity contribution in [3.8, 4) is 5.75 Å². The molecule has 1 atom stereocenters. The number of carbonyl (C=O) groups excluding carboxylic acids is 2. The van der Waals surface area contributed by atoms with Crippen molar-refractivity contribution in [2.24, 2.45) is 0 Å². The van der Waals surface area contributed by atoms with Crippen LogP contribution in [0.1, 0.15) is 48.3 Å². The first-order valence-electron chi connectivity index (χ1n) is 10.7. The molecule has 2 amide bonds. The van der Waals surface area contributed by atoms with Gasteiger partial charge < -0.3 is 25.0 Å². The van der Waals surface area contributed by atoms with E-state index >= 15 is 0 Å². The quantitative estimate of drug-likeness (QED) is 0.619. The molecule has 0 bridgehead atoms. The number of hydrogen-bond donors (Lipinski definition) is 2. The lowest BCUT2D eigenvalue weighted by Crippen LogP contribution is -2.36. The van der Waals surface area contributed by atoms with E-state index in [9.17, 15) is 9.59 Å². The van der Waals surface area contributed by atoms with Crippen LogP contribution in [-0.2, 0) is 11.2 Å². The molecule has 32 heavy (non-hydrogen) atoms. The molecule has 2 aromatic carbocycles. The van der Waals surface area contributed by atoms with Crippen LogP contribution in [0.25, 0.3) is 0 Å². The predicted octanol–water partition coefficient (Wildman–Crippen LogP) is 3.80. The van der Waals surface area contributed by atoms with E-state index in [0.29, 0.717) is 25.1 Å². The fourth-order valence-electron chi connectivity index (χ4n) is 3.24. The molecule has 2 aromatic rings. The lowest BCUT2D eigenvalue weighted by atomic mass is 10.0. The van der Waals surface area contributed by atoms with Gasteiger partial charge in [-0.3, -0.25) is 4.79 Å². The number of carbonyl (C=O) groups is 2. The van der Waals surface area contributed by atoms with Crippen molar-refractivity contribution in [3.05, 3.63) is 65.2 Å². The van der Waals surface area contributed by atoms with Crippen molar-refractivity contribution >= 4 is 12.0 Å². The van der Waals surface area contributed by atoms with Crippen molar-refractivity contribution in [1.29, 1.82) is 0 Å². The third kappa shape index (κ3) is 8.23. The summed E-state index contributed by atoms with van der Waals surface area (Å²) in [6.45, 7) is 6.48. The Kier molecular flexibility index (Phi) is 9.08. The highest BCUT2D eigenvalue weighted by molar-refractivity contribution is 5.96. The van der Waals surface area contributed by atoms with Gasteiger partial charge >= 0.3 is 6.09 Å². The Bertz CT molecular complexity index is 889. The molecule has 0 spiro atoms. The summed E-state index contributed by atoms with van der Waals surface area (Å²) in [6, 6.07) is 15.0. The summed E-state index contributed by atoms with van der Waals surface area (Å²) in [7, 11) is 5.57. The number of benzene rings is 2. The van der Waals surface area contributed by atoms with Crippen LogP contribution < -0.4 is 15.4 Å². The van der Waals surface area contributed by atoms with Crippen molar-refractivity contribution in [3.63, 3.8) is 0 Å². The molecule has 1 unspecified atom stereocenters. The van der Waals surface area contributed by atoms with E-state index in [1.807, 2.05) is 82.2 Å². The zero-order chi connectivity index (χ0) is 23.7. The van der Waals surface area contributed by atoms with Crippen molar-refractivity contribution < 1.29 is 19.1 Å². The summed E-state index contributed by atoms with van der Waals surface area (Å²) in [5, 5.41) is 5.90. The zero-order valence-corrected chi connectivity index (χ0v) is 19.9. The van der Waals surface area contributed by atoms with Crippen molar-refractivity contribution in [2.45, 2.75) is 38.8 Å². The van der Waals surface area contributed by atoms with Crippen molar-refractivity contribution in [2.75, 3.05) is 34.3 Å². The second-order valence-electron chi connectivity index (χ2n) is 8.90. The molecule has 0 aliphatic rings. The number of alkyl carbamates (subject to hydrolysis) is 1. The van der Waals surface area contributed by atoms with Gasteiger partial charge in [-0.05, 0) is 70.6 Å². The molecule has 174 valence electrons. The van der Waals surface area contributed by atoms with Gasteiger partial charge in [0.1, 0.15) is 11.4 Å². The van der Waals surface area contributed by atoms with Gasteiger partial charge in [0, 0.05) is 18.7 Å². The molecule has 0 saturated heterocycles. The Morgan fingerprint density at radius 1 is 1.03 bits per heavy atom. The van der Waals surface area contributed by atoms with Gasteiger partial charge in [0.25, 0.3) is 5.91 Å². The molecule has 0 saturated carbocycles. The Morgan fingerprint density at radius 3 is 2.28 bits per heavy atom. The van der Waals surface area contributed by atoms with Gasteiger partial charge in [0.2, 0.25) is 0 Å². The van der Waals surface area contributed by atoms with E-state index in [1.54, 1.807) is 13.2 Å². The second kappa shape index (κ2) is 11.5. The number of likely N-dealkylation sites (N-methyl/N-ethyl adjacent to an activating group) is 1. The average molecular weight is 442 g/mol. The normalized spacial score (nSPS) is 12.2. The summed E-state index contributed by atoms with van der Waals surface area (Å²) >= 11 is 0. The number of methoxy groups -OCH3 is 1. The summed E-state index contributed by atoms with van der Waals surface area (Å²) in [6.07, 6.45) is 0.0500. The molecule has 0 aliphatic carbocycles. The van der Waals surface area contributed by atoms with E-state index in [2.05, 4.69) is 10.6 Å². The van der Waals surface area contributed by atoms with Crippen LogP contribution in [0.4, 0.5) is 4.79 Å². The van der Waals surface area contributed by atoms with E-state index in [1.165, 1.54) is 0 Å². The Morgan fingerprint density at radius 2 is 1.69 bits per heavy atom. The summed E-state index contributed by atoms with van der Waals surface area (Å²) in [5.74, 6) is 0.618. The smallest absolute Gasteiger partial charge is 0.407 e. The van der Waals surface area contributed by atoms with Gasteiger partial charge in [0.15, 0.2) is 0 Å². The molecule has 0 heterocycles. The van der Waals surface area contributed by atoms with Crippen LogP contribution in [0, 0.1) is 0 Å². The standard InChI is InChI=1S/C25H35N3O4/c1-25(2,3)32-24(30)26-16-15-18-9-7-8-10-21(18)23(29)27-22(17-28(4)5)19-11-13-20(31-6)14-12-19/h7-14,22H,15-17H2,1-6H3,(H,26,30)(H,27,29). The molecule has 2 N–H and O–H groups in total. The Hall–Kier alpha value is -3.06. The minimum Gasteiger partial charge on any atom is -0.497 e. The number of rotatable bonds is 9. The SMILES string of the molecule is COc1ccc(C(CN(C)C)NC(=O)c2ccccc2CCNC(=O)OC(C)(C)C)cc1. The highest BCUT2D eigenvalue weighted by Crippen LogP contribution is 2.20. The number of ether oxygens (including phenoxy) is 2. The maximum Gasteiger partial charge on any atom is 0.407 e. The fourth-order valence-corrected chi connectivity index (χ4v) is 3.24. The first-order valence-corrected chi connectivity index (χ1v) is 10.7. The van der Waals surface area contributed by atoms with E-state index in [0.717, 1.165) is 16.9 Å². The summed E-state index contributed by atoms with van der Waals surface area (Å²) < 4.78 is 10.5. The van der Waals surface area contributed by atoms with E-state index in [-0.39, 0.29) is 11.9 Å². The number of nitrogens with one attached hydrogen (secondary N) is 2. The number of amides is 2. The third-order valence-electron chi connectivity index (χ3n) is 4.70. The zero-order valence-electron chi connectivity index (χ0n) is 19.9. The van der Waals surface area contributed by atoms with Gasteiger partial charge in [0.05, 0.1) is 13.2 Å². The first-order chi connectivity index (χ1) is 15.1. The first kappa shape index (κ1) is 25.2. The fraction of sp³-hybridized carbons (Fsp3) is 0.440. The van der Waals surface area contributed by atoms with Crippen LogP contribution in [0.3, 0.4) is 0 Å². The molecule has 0 aromatic heterocycles. The highest BCUT2D eigenvalue weighted by Gasteiger charge is 2.19. The monoisotopic (exact) mass is 441 g/mol. The lowest BCUT2D eigenvalue weighted by Gasteiger charge is -2.24. The topological polar surface area (TPSA) is 79.9 Å². The summed E-state index contributed by atoms with van der Waals surface area (Å²) in [4.78, 5) is 27.1. The van der Waals surface area contributed by atoms with Crippen LogP contribution in [0.2, 0.25) is 0 Å². The van der Waals surface area contributed by atoms with Crippen molar-refractivity contribution in [1.82, 2.24) is 15.5 Å². The molecule has 0 radical (unpaired) electrons. The highest BCUT2D eigenvalue weighted by atomic mass is 16.6. The molecular weight excluding hydrogens is 406 g/mol. The molecule has 7 heteroatoms. The van der Waals surface area contributed by atoms with Gasteiger partial charge in [-0.25, -0.2) is 4.79 Å².